The Kier molecular flexibility index (Phi) is 11.9. The molecule has 0 aromatic rings. The lowest BCUT2D eigenvalue weighted by atomic mass is 9.64. The number of carboxylic acid groups (broad SMARTS) is 2. The minimum atomic E-state index is -1.07. The van der Waals surface area contributed by atoms with Crippen molar-refractivity contribution in [3.63, 3.8) is 0 Å². The second kappa shape index (κ2) is 13.6. The fourth-order valence-corrected chi connectivity index (χ4v) is 4.38. The van der Waals surface area contributed by atoms with Gasteiger partial charge in [-0.25, -0.2) is 4.79 Å². The number of unbranched alkanes of at least 4 members (excludes halogenated alkanes) is 10. The molecule has 160 valence electrons. The third-order valence-electron chi connectivity index (χ3n) is 6.10. The molecule has 0 aromatic carbocycles. The molecule has 0 amide bonds. The predicted molar refractivity (Wildman–Crippen MR) is 114 cm³/mol. The van der Waals surface area contributed by atoms with E-state index in [2.05, 4.69) is 13.8 Å². The molecule has 0 spiro atoms. The highest BCUT2D eigenvalue weighted by Gasteiger charge is 2.47. The van der Waals surface area contributed by atoms with Crippen LogP contribution >= 0.6 is 0 Å². The van der Waals surface area contributed by atoms with Gasteiger partial charge in [0.1, 0.15) is 0 Å². The maximum absolute atomic E-state index is 12.3. The maximum Gasteiger partial charge on any atom is 0.331 e. The summed E-state index contributed by atoms with van der Waals surface area (Å²) in [5.41, 5.74) is -0.805. The maximum atomic E-state index is 12.3. The minimum Gasteiger partial charge on any atom is -0.481 e. The minimum absolute atomic E-state index is 0.267. The molecule has 0 radical (unpaired) electrons. The summed E-state index contributed by atoms with van der Waals surface area (Å²) in [4.78, 5) is 24.1. The van der Waals surface area contributed by atoms with Crippen molar-refractivity contribution in [2.45, 2.75) is 104 Å². The molecule has 0 fully saturated rings. The topological polar surface area (TPSA) is 74.6 Å². The Balaban J connectivity index is 2.71. The fraction of sp³-hybridized carbons (Fsp3) is 0.750. The molecule has 4 heteroatoms. The van der Waals surface area contributed by atoms with Crippen LogP contribution in [0.3, 0.4) is 0 Å². The highest BCUT2D eigenvalue weighted by Crippen LogP contribution is 2.45. The third kappa shape index (κ3) is 7.44. The summed E-state index contributed by atoms with van der Waals surface area (Å²) in [5, 5.41) is 19.7. The molecule has 0 saturated carbocycles. The predicted octanol–water partition coefficient (Wildman–Crippen LogP) is 6.76. The number of carbonyl (C=O) groups is 2. The lowest BCUT2D eigenvalue weighted by Crippen LogP contribution is -2.41. The Morgan fingerprint density at radius 2 is 1.39 bits per heavy atom. The van der Waals surface area contributed by atoms with Crippen molar-refractivity contribution in [1.29, 1.82) is 0 Å². The van der Waals surface area contributed by atoms with Gasteiger partial charge in [0.05, 0.1) is 5.41 Å². The van der Waals surface area contributed by atoms with Crippen LogP contribution in [-0.2, 0) is 9.59 Å². The molecule has 4 nitrogen and oxygen atoms in total. The van der Waals surface area contributed by atoms with E-state index in [0.29, 0.717) is 12.8 Å². The van der Waals surface area contributed by atoms with Gasteiger partial charge in [0.15, 0.2) is 0 Å². The zero-order chi connectivity index (χ0) is 20.8. The fourth-order valence-electron chi connectivity index (χ4n) is 4.38. The third-order valence-corrected chi connectivity index (χ3v) is 6.10. The zero-order valence-corrected chi connectivity index (χ0v) is 17.9. The van der Waals surface area contributed by atoms with Crippen LogP contribution in [-0.4, -0.2) is 22.2 Å². The first kappa shape index (κ1) is 24.5. The molecule has 2 unspecified atom stereocenters. The molecule has 1 rings (SSSR count). The summed E-state index contributed by atoms with van der Waals surface area (Å²) in [6, 6.07) is 0. The van der Waals surface area contributed by atoms with Gasteiger partial charge in [0, 0.05) is 11.5 Å². The largest absolute Gasteiger partial charge is 0.481 e. The van der Waals surface area contributed by atoms with Crippen LogP contribution in [0.4, 0.5) is 0 Å². The normalized spacial score (nSPS) is 21.5. The SMILES string of the molecule is CCCCCCCCCCC1C(C(=O)O)=CC=CC1(CCCCCC)C(=O)O. The van der Waals surface area contributed by atoms with Crippen LogP contribution in [0.25, 0.3) is 0 Å². The summed E-state index contributed by atoms with van der Waals surface area (Å²) in [6.45, 7) is 4.34. The average molecular weight is 393 g/mol. The standard InChI is InChI=1S/C24H40O4/c1-3-5-7-9-10-11-12-13-17-21-20(22(25)26)16-15-19-24(21,23(27)28)18-14-8-6-4-2/h15-16,19,21H,3-14,17-18H2,1-2H3,(H,25,26)(H,27,28). The van der Waals surface area contributed by atoms with Gasteiger partial charge in [-0.15, -0.1) is 0 Å². The summed E-state index contributed by atoms with van der Waals surface area (Å²) < 4.78 is 0. The molecule has 0 aliphatic heterocycles. The van der Waals surface area contributed by atoms with Crippen molar-refractivity contribution in [2.24, 2.45) is 11.3 Å². The Labute approximate surface area is 171 Å². The van der Waals surface area contributed by atoms with Gasteiger partial charge in [-0.05, 0) is 12.8 Å². The van der Waals surface area contributed by atoms with Crippen LogP contribution in [0.1, 0.15) is 104 Å². The zero-order valence-electron chi connectivity index (χ0n) is 17.9. The van der Waals surface area contributed by atoms with Gasteiger partial charge in [-0.2, -0.15) is 0 Å². The van der Waals surface area contributed by atoms with E-state index >= 15 is 0 Å². The molecule has 1 aliphatic rings. The molecule has 28 heavy (non-hydrogen) atoms. The van der Waals surface area contributed by atoms with Crippen LogP contribution in [0.15, 0.2) is 23.8 Å². The monoisotopic (exact) mass is 392 g/mol. The number of carboxylic acids is 2. The van der Waals surface area contributed by atoms with E-state index in [1.54, 1.807) is 18.2 Å². The van der Waals surface area contributed by atoms with Crippen molar-refractivity contribution >= 4 is 11.9 Å². The Morgan fingerprint density at radius 3 is 1.93 bits per heavy atom. The highest BCUT2D eigenvalue weighted by molar-refractivity contribution is 5.91. The van der Waals surface area contributed by atoms with E-state index in [0.717, 1.165) is 44.9 Å². The first-order valence-electron chi connectivity index (χ1n) is 11.4. The number of aliphatic carboxylic acids is 2. The smallest absolute Gasteiger partial charge is 0.331 e. The van der Waals surface area contributed by atoms with Crippen molar-refractivity contribution in [2.75, 3.05) is 0 Å². The van der Waals surface area contributed by atoms with E-state index in [9.17, 15) is 19.8 Å². The van der Waals surface area contributed by atoms with E-state index in [1.807, 2.05) is 0 Å². The van der Waals surface area contributed by atoms with Gasteiger partial charge >= 0.3 is 11.9 Å². The summed E-state index contributed by atoms with van der Waals surface area (Å²) in [7, 11) is 0. The summed E-state index contributed by atoms with van der Waals surface area (Å²) in [6.07, 6.45) is 19.5. The molecule has 2 N–H and O–H groups in total. The number of hydrogen-bond acceptors (Lipinski definition) is 2. The van der Waals surface area contributed by atoms with E-state index in [1.165, 1.54) is 32.1 Å². The van der Waals surface area contributed by atoms with Crippen LogP contribution in [0.2, 0.25) is 0 Å². The Morgan fingerprint density at radius 1 is 0.857 bits per heavy atom. The van der Waals surface area contributed by atoms with E-state index in [-0.39, 0.29) is 5.57 Å². The van der Waals surface area contributed by atoms with Crippen LogP contribution in [0, 0.1) is 11.3 Å². The number of hydrogen-bond donors (Lipinski definition) is 2. The first-order chi connectivity index (χ1) is 13.5. The van der Waals surface area contributed by atoms with E-state index < -0.39 is 23.3 Å². The molecule has 0 bridgehead atoms. The van der Waals surface area contributed by atoms with Gasteiger partial charge < -0.3 is 10.2 Å². The molecular weight excluding hydrogens is 352 g/mol. The molecular formula is C24H40O4. The van der Waals surface area contributed by atoms with Crippen LogP contribution < -0.4 is 0 Å². The average Bonchev–Trinajstić information content (AvgIpc) is 2.67. The van der Waals surface area contributed by atoms with E-state index in [4.69, 9.17) is 0 Å². The van der Waals surface area contributed by atoms with Crippen LogP contribution in [0.5, 0.6) is 0 Å². The number of allylic oxidation sites excluding steroid dienone is 2. The lowest BCUT2D eigenvalue weighted by Gasteiger charge is -2.37. The number of rotatable bonds is 16. The Hall–Kier alpha value is -1.58. The second-order valence-corrected chi connectivity index (χ2v) is 8.26. The van der Waals surface area contributed by atoms with Gasteiger partial charge in [-0.3, -0.25) is 4.79 Å². The molecule has 0 aromatic heterocycles. The van der Waals surface area contributed by atoms with Crippen molar-refractivity contribution < 1.29 is 19.8 Å². The van der Waals surface area contributed by atoms with Gasteiger partial charge in [0.25, 0.3) is 0 Å². The molecule has 2 atom stereocenters. The van der Waals surface area contributed by atoms with Crippen molar-refractivity contribution in [3.8, 4) is 0 Å². The summed E-state index contributed by atoms with van der Waals surface area (Å²) >= 11 is 0. The first-order valence-corrected chi connectivity index (χ1v) is 11.4. The molecule has 1 aliphatic carbocycles. The van der Waals surface area contributed by atoms with Crippen molar-refractivity contribution in [3.05, 3.63) is 23.8 Å². The quantitative estimate of drug-likeness (QED) is 0.285. The lowest BCUT2D eigenvalue weighted by molar-refractivity contribution is -0.149. The summed E-state index contributed by atoms with van der Waals surface area (Å²) in [5.74, 6) is -2.29. The molecule has 0 saturated heterocycles. The second-order valence-electron chi connectivity index (χ2n) is 8.26. The Bertz CT molecular complexity index is 535. The highest BCUT2D eigenvalue weighted by atomic mass is 16.4. The van der Waals surface area contributed by atoms with Crippen molar-refractivity contribution in [1.82, 2.24) is 0 Å². The van der Waals surface area contributed by atoms with Gasteiger partial charge in [0.2, 0.25) is 0 Å². The molecule has 0 heterocycles. The van der Waals surface area contributed by atoms with Gasteiger partial charge in [-0.1, -0.05) is 109 Å².